The third-order valence-corrected chi connectivity index (χ3v) is 7.79. The van der Waals surface area contributed by atoms with E-state index >= 15 is 0 Å². The van der Waals surface area contributed by atoms with E-state index < -0.39 is 11.5 Å². The second-order valence-electron chi connectivity index (χ2n) is 9.66. The molecule has 0 aliphatic heterocycles. The predicted molar refractivity (Wildman–Crippen MR) is 160 cm³/mol. The molecule has 0 radical (unpaired) electrons. The Kier molecular flexibility index (Phi) is 9.53. The molecule has 2 amide bonds. The summed E-state index contributed by atoms with van der Waals surface area (Å²) in [6, 6.07) is 22.6. The number of nitrogens with two attached hydrogens (primary N) is 1. The van der Waals surface area contributed by atoms with Crippen molar-refractivity contribution in [2.75, 3.05) is 25.5 Å². The van der Waals surface area contributed by atoms with E-state index in [0.29, 0.717) is 35.0 Å². The lowest BCUT2D eigenvalue weighted by atomic mass is 9.73. The van der Waals surface area contributed by atoms with Crippen molar-refractivity contribution in [3.05, 3.63) is 113 Å². The highest BCUT2D eigenvalue weighted by Crippen LogP contribution is 2.39. The third-order valence-electron chi connectivity index (χ3n) is 7.35. The molecule has 2 N–H and O–H groups in total. The van der Waals surface area contributed by atoms with E-state index in [1.807, 2.05) is 54.6 Å². The summed E-state index contributed by atoms with van der Waals surface area (Å²) in [7, 11) is 3.29. The van der Waals surface area contributed by atoms with Crippen LogP contribution in [0.1, 0.15) is 23.5 Å². The summed E-state index contributed by atoms with van der Waals surface area (Å²) in [5, 5.41) is 0.799. The molecule has 1 unspecified atom stereocenters. The SMILES string of the molecule is CN(C(=O)[C@@](CCc1ccccc1)(C(CN)c1ccc(-c2cncnc2)cc1)N(C)C=O)c1cc(Cl)cc(Cl)c1. The van der Waals surface area contributed by atoms with Gasteiger partial charge in [-0.15, -0.1) is 0 Å². The van der Waals surface area contributed by atoms with Gasteiger partial charge in [-0.3, -0.25) is 9.59 Å². The van der Waals surface area contributed by atoms with E-state index in [1.54, 1.807) is 44.7 Å². The van der Waals surface area contributed by atoms with Crippen molar-refractivity contribution in [3.8, 4) is 11.1 Å². The topological polar surface area (TPSA) is 92.4 Å². The minimum atomic E-state index is -1.33. The fraction of sp³-hybridized carbons (Fsp3) is 0.226. The number of nitrogens with zero attached hydrogens (tertiary/aromatic N) is 4. The van der Waals surface area contributed by atoms with Crippen LogP contribution in [0.15, 0.2) is 91.5 Å². The number of hydrogen-bond donors (Lipinski definition) is 1. The van der Waals surface area contributed by atoms with Crippen LogP contribution in [0.25, 0.3) is 11.1 Å². The van der Waals surface area contributed by atoms with Gasteiger partial charge in [0.25, 0.3) is 5.91 Å². The van der Waals surface area contributed by atoms with Crippen LogP contribution in [-0.2, 0) is 16.0 Å². The molecule has 4 rings (SSSR count). The smallest absolute Gasteiger partial charge is 0.253 e. The molecule has 0 aliphatic carbocycles. The number of hydrogen-bond acceptors (Lipinski definition) is 5. The summed E-state index contributed by atoms with van der Waals surface area (Å²) < 4.78 is 0. The van der Waals surface area contributed by atoms with Crippen LogP contribution in [0.3, 0.4) is 0 Å². The highest BCUT2D eigenvalue weighted by molar-refractivity contribution is 6.35. The van der Waals surface area contributed by atoms with Gasteiger partial charge in [-0.1, -0.05) is 77.8 Å². The lowest BCUT2D eigenvalue weighted by molar-refractivity contribution is -0.139. The minimum absolute atomic E-state index is 0.122. The molecule has 1 aromatic heterocycles. The van der Waals surface area contributed by atoms with Crippen molar-refractivity contribution in [1.29, 1.82) is 0 Å². The largest absolute Gasteiger partial charge is 0.333 e. The summed E-state index contributed by atoms with van der Waals surface area (Å²) in [4.78, 5) is 38.3. The fourth-order valence-corrected chi connectivity index (χ4v) is 5.69. The molecule has 0 spiro atoms. The van der Waals surface area contributed by atoms with Gasteiger partial charge in [0.15, 0.2) is 0 Å². The van der Waals surface area contributed by atoms with E-state index in [2.05, 4.69) is 9.97 Å². The lowest BCUT2D eigenvalue weighted by Crippen LogP contribution is -2.62. The Hall–Kier alpha value is -3.78. The van der Waals surface area contributed by atoms with Crippen LogP contribution < -0.4 is 10.6 Å². The number of aryl methyl sites for hydroxylation is 1. The predicted octanol–water partition coefficient (Wildman–Crippen LogP) is 5.62. The van der Waals surface area contributed by atoms with Gasteiger partial charge in [-0.25, -0.2) is 9.97 Å². The Morgan fingerprint density at radius 1 is 0.950 bits per heavy atom. The van der Waals surface area contributed by atoms with Crippen molar-refractivity contribution in [2.45, 2.75) is 24.3 Å². The maximum Gasteiger partial charge on any atom is 0.253 e. The van der Waals surface area contributed by atoms with Crippen molar-refractivity contribution >= 4 is 41.2 Å². The molecule has 0 saturated carbocycles. The Morgan fingerprint density at radius 3 is 2.15 bits per heavy atom. The first kappa shape index (κ1) is 29.2. The molecule has 0 saturated heterocycles. The molecule has 0 aliphatic rings. The highest BCUT2D eigenvalue weighted by Gasteiger charge is 2.50. The molecule has 1 heterocycles. The quantitative estimate of drug-likeness (QED) is 0.234. The first-order valence-electron chi connectivity index (χ1n) is 12.8. The van der Waals surface area contributed by atoms with Crippen LogP contribution in [0.5, 0.6) is 0 Å². The monoisotopic (exact) mass is 575 g/mol. The molecule has 0 bridgehead atoms. The van der Waals surface area contributed by atoms with Crippen LogP contribution in [-0.4, -0.2) is 53.4 Å². The zero-order valence-corrected chi connectivity index (χ0v) is 23.9. The van der Waals surface area contributed by atoms with E-state index in [4.69, 9.17) is 28.9 Å². The molecule has 7 nitrogen and oxygen atoms in total. The molecular formula is C31H31Cl2N5O2. The van der Waals surface area contributed by atoms with Gasteiger partial charge < -0.3 is 15.5 Å². The van der Waals surface area contributed by atoms with Gasteiger partial charge >= 0.3 is 0 Å². The third kappa shape index (κ3) is 6.17. The number of carbonyl (C=O) groups is 2. The summed E-state index contributed by atoms with van der Waals surface area (Å²) in [6.07, 6.45) is 6.53. The number of rotatable bonds is 11. The Labute approximate surface area is 244 Å². The normalized spacial score (nSPS) is 13.2. The summed E-state index contributed by atoms with van der Waals surface area (Å²) in [6.45, 7) is 0.122. The Bertz CT molecular complexity index is 1420. The average Bonchev–Trinajstić information content (AvgIpc) is 2.99. The Balaban J connectivity index is 1.83. The fourth-order valence-electron chi connectivity index (χ4n) is 5.18. The van der Waals surface area contributed by atoms with Crippen LogP contribution in [0.2, 0.25) is 10.0 Å². The molecule has 2 atom stereocenters. The molecule has 4 aromatic rings. The lowest BCUT2D eigenvalue weighted by Gasteiger charge is -2.46. The number of benzene rings is 3. The van der Waals surface area contributed by atoms with Gasteiger partial charge in [0.1, 0.15) is 11.9 Å². The van der Waals surface area contributed by atoms with Gasteiger partial charge in [0.05, 0.1) is 0 Å². The maximum atomic E-state index is 14.6. The van der Waals surface area contributed by atoms with Crippen molar-refractivity contribution < 1.29 is 9.59 Å². The number of halogens is 2. The maximum absolute atomic E-state index is 14.6. The Morgan fingerprint density at radius 2 is 1.57 bits per heavy atom. The van der Waals surface area contributed by atoms with Crippen LogP contribution >= 0.6 is 23.2 Å². The average molecular weight is 577 g/mol. The first-order chi connectivity index (χ1) is 19.3. The van der Waals surface area contributed by atoms with Gasteiger partial charge in [0.2, 0.25) is 6.41 Å². The van der Waals surface area contributed by atoms with E-state index in [0.717, 1.165) is 22.3 Å². The number of anilines is 1. The number of amides is 2. The second-order valence-corrected chi connectivity index (χ2v) is 10.5. The summed E-state index contributed by atoms with van der Waals surface area (Å²) in [5.41, 5.74) is 9.31. The zero-order chi connectivity index (χ0) is 28.7. The molecule has 206 valence electrons. The van der Waals surface area contributed by atoms with E-state index in [1.165, 1.54) is 16.1 Å². The van der Waals surface area contributed by atoms with Crippen LogP contribution in [0, 0.1) is 0 Å². The van der Waals surface area contributed by atoms with Crippen molar-refractivity contribution in [3.63, 3.8) is 0 Å². The number of aromatic nitrogens is 2. The highest BCUT2D eigenvalue weighted by atomic mass is 35.5. The van der Waals surface area contributed by atoms with Gasteiger partial charge in [0, 0.05) is 60.2 Å². The zero-order valence-electron chi connectivity index (χ0n) is 22.4. The summed E-state index contributed by atoms with van der Waals surface area (Å²) >= 11 is 12.6. The number of carbonyl (C=O) groups excluding carboxylic acids is 2. The molecule has 9 heteroatoms. The standard InChI is InChI=1S/C31H31Cl2N5O2/c1-37(21-39)31(13-12-22-6-4-3-5-7-22,30(40)38(2)28-15-26(32)14-27(33)16-28)29(17-34)24-10-8-23(9-11-24)25-18-35-20-36-19-25/h3-11,14-16,18-21,29H,12-13,17,34H2,1-2H3/t29?,31-/m1/s1. The van der Waals surface area contributed by atoms with Gasteiger partial charge in [-0.2, -0.15) is 0 Å². The second kappa shape index (κ2) is 13.0. The molecule has 0 fully saturated rings. The van der Waals surface area contributed by atoms with E-state index in [-0.39, 0.29) is 12.5 Å². The molecule has 3 aromatic carbocycles. The first-order valence-corrected chi connectivity index (χ1v) is 13.6. The summed E-state index contributed by atoms with van der Waals surface area (Å²) in [5.74, 6) is -0.829. The van der Waals surface area contributed by atoms with Gasteiger partial charge in [-0.05, 0) is 47.7 Å². The number of likely N-dealkylation sites (N-methyl/N-ethyl adjacent to an activating group) is 2. The van der Waals surface area contributed by atoms with Crippen molar-refractivity contribution in [1.82, 2.24) is 14.9 Å². The van der Waals surface area contributed by atoms with Crippen LogP contribution in [0.4, 0.5) is 5.69 Å². The van der Waals surface area contributed by atoms with Crippen molar-refractivity contribution in [2.24, 2.45) is 5.73 Å². The molecular weight excluding hydrogens is 545 g/mol. The minimum Gasteiger partial charge on any atom is -0.333 e. The molecule has 40 heavy (non-hydrogen) atoms. The van der Waals surface area contributed by atoms with E-state index in [9.17, 15) is 9.59 Å².